The third-order valence-electron chi connectivity index (χ3n) is 2.07. The third kappa shape index (κ3) is 1.42. The predicted octanol–water partition coefficient (Wildman–Crippen LogP) is 1.13. The summed E-state index contributed by atoms with van der Waals surface area (Å²) in [4.78, 5) is 12.3. The van der Waals surface area contributed by atoms with Gasteiger partial charge in [0.2, 0.25) is 5.91 Å². The summed E-state index contributed by atoms with van der Waals surface area (Å²) in [6, 6.07) is 0. The van der Waals surface area contributed by atoms with E-state index in [-0.39, 0.29) is 19.0 Å². The van der Waals surface area contributed by atoms with Gasteiger partial charge in [0.1, 0.15) is 5.67 Å². The van der Waals surface area contributed by atoms with Crippen molar-refractivity contribution in [1.29, 1.82) is 0 Å². The van der Waals surface area contributed by atoms with E-state index in [1.54, 1.807) is 6.92 Å². The molecule has 1 rings (SSSR count). The molecule has 1 saturated heterocycles. The average Bonchev–Trinajstić information content (AvgIpc) is 1.97. The van der Waals surface area contributed by atoms with Crippen LogP contribution in [0.25, 0.3) is 0 Å². The number of hydrogen-bond donors (Lipinski definition) is 0. The molecular weight excluding hydrogens is 145 g/mol. The molecule has 1 amide bonds. The van der Waals surface area contributed by atoms with Gasteiger partial charge in [-0.2, -0.15) is 0 Å². The molecule has 0 aromatic carbocycles. The number of likely N-dealkylation sites (tertiary alicyclic amines) is 1. The van der Waals surface area contributed by atoms with Gasteiger partial charge in [0.25, 0.3) is 0 Å². The number of carbonyl (C=O) groups excluding carboxylic acids is 1. The van der Waals surface area contributed by atoms with Gasteiger partial charge in [0.15, 0.2) is 0 Å². The third-order valence-corrected chi connectivity index (χ3v) is 2.07. The molecule has 0 unspecified atom stereocenters. The largest absolute Gasteiger partial charge is 0.333 e. The lowest BCUT2D eigenvalue weighted by molar-refractivity contribution is -0.140. The molecule has 0 radical (unpaired) electrons. The molecule has 0 aromatic heterocycles. The van der Waals surface area contributed by atoms with Crippen LogP contribution in [0.15, 0.2) is 12.7 Å². The second-order valence-corrected chi connectivity index (χ2v) is 2.90. The lowest BCUT2D eigenvalue weighted by atomic mass is 9.93. The minimum atomic E-state index is -1.13. The lowest BCUT2D eigenvalue weighted by Crippen LogP contribution is -2.60. The molecule has 1 heterocycles. The first-order chi connectivity index (χ1) is 5.11. The van der Waals surface area contributed by atoms with Gasteiger partial charge in [-0.05, 0) is 12.5 Å². The Morgan fingerprint density at radius 2 is 2.36 bits per heavy atom. The minimum absolute atomic E-state index is 0.174. The first kappa shape index (κ1) is 8.24. The zero-order valence-electron chi connectivity index (χ0n) is 6.64. The molecule has 0 bridgehead atoms. The van der Waals surface area contributed by atoms with E-state index in [0.29, 0.717) is 6.42 Å². The van der Waals surface area contributed by atoms with Gasteiger partial charge in [-0.3, -0.25) is 4.79 Å². The molecule has 0 spiro atoms. The zero-order valence-corrected chi connectivity index (χ0v) is 6.64. The second kappa shape index (κ2) is 2.64. The summed E-state index contributed by atoms with van der Waals surface area (Å²) >= 11 is 0. The minimum Gasteiger partial charge on any atom is -0.333 e. The van der Waals surface area contributed by atoms with Gasteiger partial charge in [-0.1, -0.05) is 13.5 Å². The Balaban J connectivity index is 2.40. The molecule has 1 aliphatic rings. The van der Waals surface area contributed by atoms with Crippen molar-refractivity contribution in [3.63, 3.8) is 0 Å². The van der Waals surface area contributed by atoms with E-state index in [2.05, 4.69) is 6.58 Å². The maximum atomic E-state index is 13.2. The summed E-state index contributed by atoms with van der Waals surface area (Å²) in [6.45, 7) is 5.57. The number of amides is 1. The van der Waals surface area contributed by atoms with Crippen molar-refractivity contribution in [2.24, 2.45) is 0 Å². The molecule has 1 aliphatic heterocycles. The van der Waals surface area contributed by atoms with Crippen LogP contribution in [0.5, 0.6) is 0 Å². The molecule has 11 heavy (non-hydrogen) atoms. The van der Waals surface area contributed by atoms with E-state index in [4.69, 9.17) is 0 Å². The van der Waals surface area contributed by atoms with E-state index in [0.717, 1.165) is 0 Å². The number of alkyl halides is 1. The predicted molar refractivity (Wildman–Crippen MR) is 40.9 cm³/mol. The summed E-state index contributed by atoms with van der Waals surface area (Å²) in [6.07, 6.45) is 1.70. The van der Waals surface area contributed by atoms with Crippen LogP contribution in [0.4, 0.5) is 4.39 Å². The Morgan fingerprint density at radius 1 is 1.82 bits per heavy atom. The number of rotatable bonds is 2. The Hall–Kier alpha value is -0.860. The fourth-order valence-corrected chi connectivity index (χ4v) is 1.15. The van der Waals surface area contributed by atoms with Gasteiger partial charge >= 0.3 is 0 Å². The SMILES string of the molecule is C=CC(=O)N1CC(F)(CC)C1. The lowest BCUT2D eigenvalue weighted by Gasteiger charge is -2.43. The Labute approximate surface area is 65.7 Å². The van der Waals surface area contributed by atoms with E-state index in [1.165, 1.54) is 11.0 Å². The molecule has 62 valence electrons. The van der Waals surface area contributed by atoms with Crippen LogP contribution in [0, 0.1) is 0 Å². The first-order valence-corrected chi connectivity index (χ1v) is 3.71. The van der Waals surface area contributed by atoms with Gasteiger partial charge in [0, 0.05) is 0 Å². The van der Waals surface area contributed by atoms with Crippen molar-refractivity contribution in [3.8, 4) is 0 Å². The highest BCUT2D eigenvalue weighted by Crippen LogP contribution is 2.28. The molecule has 0 aromatic rings. The molecule has 3 heteroatoms. The number of carbonyl (C=O) groups is 1. The highest BCUT2D eigenvalue weighted by Gasteiger charge is 2.43. The molecule has 0 saturated carbocycles. The standard InChI is InChI=1S/C8H12FNO/c1-3-7(11)10-5-8(9,4-2)6-10/h3H,1,4-6H2,2H3. The van der Waals surface area contributed by atoms with E-state index in [9.17, 15) is 9.18 Å². The van der Waals surface area contributed by atoms with Crippen molar-refractivity contribution in [1.82, 2.24) is 4.90 Å². The Kier molecular flexibility index (Phi) is 1.98. The molecule has 1 fully saturated rings. The summed E-state index contributed by atoms with van der Waals surface area (Å²) in [5.74, 6) is -0.174. The fourth-order valence-electron chi connectivity index (χ4n) is 1.15. The van der Waals surface area contributed by atoms with Gasteiger partial charge < -0.3 is 4.90 Å². The Morgan fingerprint density at radius 3 is 2.73 bits per heavy atom. The van der Waals surface area contributed by atoms with E-state index >= 15 is 0 Å². The summed E-state index contributed by atoms with van der Waals surface area (Å²) in [5, 5.41) is 0. The highest BCUT2D eigenvalue weighted by molar-refractivity contribution is 5.87. The van der Waals surface area contributed by atoms with Crippen molar-refractivity contribution in [3.05, 3.63) is 12.7 Å². The monoisotopic (exact) mass is 157 g/mol. The van der Waals surface area contributed by atoms with Crippen LogP contribution in [0.3, 0.4) is 0 Å². The van der Waals surface area contributed by atoms with E-state index < -0.39 is 5.67 Å². The molecule has 0 aliphatic carbocycles. The fraction of sp³-hybridized carbons (Fsp3) is 0.625. The molecule has 2 nitrogen and oxygen atoms in total. The van der Waals surface area contributed by atoms with Crippen LogP contribution in [0.1, 0.15) is 13.3 Å². The quantitative estimate of drug-likeness (QED) is 0.550. The van der Waals surface area contributed by atoms with Crippen molar-refractivity contribution in [2.45, 2.75) is 19.0 Å². The molecule has 0 atom stereocenters. The summed E-state index contributed by atoms with van der Waals surface area (Å²) < 4.78 is 13.2. The number of hydrogen-bond acceptors (Lipinski definition) is 1. The van der Waals surface area contributed by atoms with Crippen LogP contribution < -0.4 is 0 Å². The molecule has 0 N–H and O–H groups in total. The van der Waals surface area contributed by atoms with Crippen LogP contribution >= 0.6 is 0 Å². The summed E-state index contributed by atoms with van der Waals surface area (Å²) in [7, 11) is 0. The van der Waals surface area contributed by atoms with Gasteiger partial charge in [-0.25, -0.2) is 4.39 Å². The van der Waals surface area contributed by atoms with Crippen LogP contribution in [0.2, 0.25) is 0 Å². The van der Waals surface area contributed by atoms with Crippen LogP contribution in [-0.4, -0.2) is 29.6 Å². The Bertz CT molecular complexity index is 185. The summed E-state index contributed by atoms with van der Waals surface area (Å²) in [5.41, 5.74) is -1.13. The zero-order chi connectivity index (χ0) is 8.48. The number of nitrogens with zero attached hydrogens (tertiary/aromatic N) is 1. The topological polar surface area (TPSA) is 20.3 Å². The smallest absolute Gasteiger partial charge is 0.246 e. The van der Waals surface area contributed by atoms with Gasteiger partial charge in [-0.15, -0.1) is 0 Å². The van der Waals surface area contributed by atoms with Crippen molar-refractivity contribution < 1.29 is 9.18 Å². The number of halogens is 1. The average molecular weight is 157 g/mol. The normalized spacial score (nSPS) is 20.7. The van der Waals surface area contributed by atoms with E-state index in [1.807, 2.05) is 0 Å². The highest BCUT2D eigenvalue weighted by atomic mass is 19.1. The van der Waals surface area contributed by atoms with Crippen LogP contribution in [-0.2, 0) is 4.79 Å². The first-order valence-electron chi connectivity index (χ1n) is 3.71. The maximum absolute atomic E-state index is 13.2. The van der Waals surface area contributed by atoms with Crippen molar-refractivity contribution >= 4 is 5.91 Å². The van der Waals surface area contributed by atoms with Gasteiger partial charge in [0.05, 0.1) is 13.1 Å². The molecular formula is C8H12FNO. The van der Waals surface area contributed by atoms with Crippen molar-refractivity contribution in [2.75, 3.05) is 13.1 Å². The second-order valence-electron chi connectivity index (χ2n) is 2.90. The maximum Gasteiger partial charge on any atom is 0.246 e.